The molecule has 2 unspecified atom stereocenters. The number of fused-ring (bicyclic) bond motifs is 3. The Hall–Kier alpha value is -3.99. The van der Waals surface area contributed by atoms with E-state index in [1.54, 1.807) is 6.07 Å². The Balaban J connectivity index is 1.64. The SMILES string of the molecule is CCCC1(CCC)c2cc(C(=O)c3ccoc3)ccc2C2C=CC(/C(=N\OC(C)=O)c3ccccc3C)=CC21. The maximum Gasteiger partial charge on any atom is 0.332 e. The molecule has 5 rings (SSSR count). The van der Waals surface area contributed by atoms with Crippen LogP contribution in [0.25, 0.3) is 0 Å². The molecule has 39 heavy (non-hydrogen) atoms. The largest absolute Gasteiger partial charge is 0.472 e. The van der Waals surface area contributed by atoms with Gasteiger partial charge < -0.3 is 9.25 Å². The van der Waals surface area contributed by atoms with Gasteiger partial charge in [0.05, 0.1) is 11.8 Å². The first-order valence-corrected chi connectivity index (χ1v) is 13.8. The van der Waals surface area contributed by atoms with Gasteiger partial charge in [0.2, 0.25) is 0 Å². The molecule has 2 atom stereocenters. The first kappa shape index (κ1) is 26.6. The molecule has 5 nitrogen and oxygen atoms in total. The summed E-state index contributed by atoms with van der Waals surface area (Å²) in [6.45, 7) is 7.87. The van der Waals surface area contributed by atoms with Crippen molar-refractivity contribution in [1.82, 2.24) is 0 Å². The summed E-state index contributed by atoms with van der Waals surface area (Å²) in [4.78, 5) is 30.2. The highest BCUT2D eigenvalue weighted by atomic mass is 16.7. The quantitative estimate of drug-likeness (QED) is 0.124. The van der Waals surface area contributed by atoms with E-state index in [1.165, 1.54) is 30.6 Å². The summed E-state index contributed by atoms with van der Waals surface area (Å²) in [5.41, 5.74) is 7.30. The van der Waals surface area contributed by atoms with Gasteiger partial charge in [-0.15, -0.1) is 0 Å². The van der Waals surface area contributed by atoms with Crippen molar-refractivity contribution < 1.29 is 18.8 Å². The molecule has 2 aliphatic carbocycles. The summed E-state index contributed by atoms with van der Waals surface area (Å²) in [6.07, 6.45) is 13.8. The molecule has 5 heteroatoms. The second-order valence-electron chi connectivity index (χ2n) is 10.7. The predicted molar refractivity (Wildman–Crippen MR) is 153 cm³/mol. The Kier molecular flexibility index (Phi) is 7.51. The molecule has 0 amide bonds. The van der Waals surface area contributed by atoms with Crippen LogP contribution in [-0.2, 0) is 15.0 Å². The summed E-state index contributed by atoms with van der Waals surface area (Å²) in [7, 11) is 0. The molecule has 0 spiro atoms. The number of benzene rings is 2. The zero-order valence-electron chi connectivity index (χ0n) is 23.1. The summed E-state index contributed by atoms with van der Waals surface area (Å²) in [5, 5.41) is 4.34. The number of hydrogen-bond acceptors (Lipinski definition) is 5. The minimum atomic E-state index is -0.450. The highest BCUT2D eigenvalue weighted by molar-refractivity contribution is 6.15. The van der Waals surface area contributed by atoms with Crippen LogP contribution in [0.2, 0.25) is 0 Å². The molecular weight excluding hydrogens is 486 g/mol. The van der Waals surface area contributed by atoms with Gasteiger partial charge in [0.1, 0.15) is 12.0 Å². The van der Waals surface area contributed by atoms with Crippen LogP contribution in [0.5, 0.6) is 0 Å². The van der Waals surface area contributed by atoms with Gasteiger partial charge in [-0.1, -0.05) is 86.5 Å². The first-order chi connectivity index (χ1) is 18.9. The minimum Gasteiger partial charge on any atom is -0.472 e. The topological polar surface area (TPSA) is 68.9 Å². The molecule has 0 radical (unpaired) electrons. The fourth-order valence-corrected chi connectivity index (χ4v) is 6.62. The molecule has 2 aliphatic rings. The third kappa shape index (κ3) is 4.82. The van der Waals surface area contributed by atoms with Crippen molar-refractivity contribution in [3.05, 3.63) is 118 Å². The molecule has 0 saturated carbocycles. The average Bonchev–Trinajstić information content (AvgIpc) is 3.56. The molecule has 0 aliphatic heterocycles. The van der Waals surface area contributed by atoms with Crippen LogP contribution < -0.4 is 0 Å². The van der Waals surface area contributed by atoms with E-state index >= 15 is 0 Å². The van der Waals surface area contributed by atoms with Crippen molar-refractivity contribution >= 4 is 17.5 Å². The van der Waals surface area contributed by atoms with Crippen molar-refractivity contribution in [2.24, 2.45) is 11.1 Å². The maximum atomic E-state index is 13.3. The van der Waals surface area contributed by atoms with E-state index in [1.807, 2.05) is 37.3 Å². The van der Waals surface area contributed by atoms with Crippen molar-refractivity contribution in [3.63, 3.8) is 0 Å². The normalized spacial score (nSPS) is 19.3. The fourth-order valence-electron chi connectivity index (χ4n) is 6.62. The number of nitrogens with zero attached hydrogens (tertiary/aromatic N) is 1. The number of rotatable bonds is 9. The van der Waals surface area contributed by atoms with Crippen LogP contribution >= 0.6 is 0 Å². The maximum absolute atomic E-state index is 13.3. The summed E-state index contributed by atoms with van der Waals surface area (Å²) in [5.74, 6) is -0.0794. The molecule has 1 aromatic heterocycles. The molecular formula is C34H35NO4. The van der Waals surface area contributed by atoms with Crippen LogP contribution in [0.3, 0.4) is 0 Å². The summed E-state index contributed by atoms with van der Waals surface area (Å²) >= 11 is 0. The van der Waals surface area contributed by atoms with Gasteiger partial charge in [0.15, 0.2) is 5.78 Å². The van der Waals surface area contributed by atoms with E-state index in [-0.39, 0.29) is 23.0 Å². The summed E-state index contributed by atoms with van der Waals surface area (Å²) in [6, 6.07) is 16.0. The molecule has 3 aromatic rings. The second kappa shape index (κ2) is 11.0. The number of allylic oxidation sites excluding steroid dienone is 4. The van der Waals surface area contributed by atoms with E-state index in [2.05, 4.69) is 49.4 Å². The molecule has 0 bridgehead atoms. The van der Waals surface area contributed by atoms with E-state index in [0.29, 0.717) is 16.8 Å². The third-order valence-corrected chi connectivity index (χ3v) is 8.19. The molecule has 0 fully saturated rings. The molecule has 2 aromatic carbocycles. The number of carbonyl (C=O) groups is 2. The van der Waals surface area contributed by atoms with Gasteiger partial charge >= 0.3 is 5.97 Å². The van der Waals surface area contributed by atoms with Crippen molar-refractivity contribution in [2.45, 2.75) is 64.7 Å². The van der Waals surface area contributed by atoms with Crippen LogP contribution in [-0.4, -0.2) is 17.5 Å². The lowest BCUT2D eigenvalue weighted by Crippen LogP contribution is -2.33. The Morgan fingerprint density at radius 1 is 1.03 bits per heavy atom. The smallest absolute Gasteiger partial charge is 0.332 e. The highest BCUT2D eigenvalue weighted by Gasteiger charge is 2.50. The number of ketones is 1. The molecule has 0 saturated heterocycles. The van der Waals surface area contributed by atoms with Gasteiger partial charge in [0.25, 0.3) is 0 Å². The zero-order chi connectivity index (χ0) is 27.6. The van der Waals surface area contributed by atoms with Gasteiger partial charge in [-0.05, 0) is 54.5 Å². The van der Waals surface area contributed by atoms with Gasteiger partial charge in [-0.3, -0.25) is 4.79 Å². The number of carbonyl (C=O) groups excluding carboxylic acids is 2. The van der Waals surface area contributed by atoms with Crippen molar-refractivity contribution in [3.8, 4) is 0 Å². The second-order valence-corrected chi connectivity index (χ2v) is 10.7. The van der Waals surface area contributed by atoms with Crippen molar-refractivity contribution in [1.29, 1.82) is 0 Å². The molecule has 200 valence electrons. The number of oxime groups is 1. The van der Waals surface area contributed by atoms with Crippen LogP contribution in [0.4, 0.5) is 0 Å². The standard InChI is InChI=1S/C34H35NO4/c1-5-16-34(17-6-2)30-19-24(32(35-39-23(4)36)27-10-8-7-9-22(27)3)11-13-28(30)29-14-12-25(20-31(29)34)33(37)26-15-18-38-21-26/h7-15,18-21,28,30H,5-6,16-17H2,1-4H3/b35-32+. The minimum absolute atomic E-state index is 0.0227. The van der Waals surface area contributed by atoms with Gasteiger partial charge in [-0.25, -0.2) is 4.79 Å². The van der Waals surface area contributed by atoms with E-state index in [9.17, 15) is 9.59 Å². The Morgan fingerprint density at radius 3 is 2.46 bits per heavy atom. The monoisotopic (exact) mass is 521 g/mol. The highest BCUT2D eigenvalue weighted by Crippen LogP contribution is 2.58. The summed E-state index contributed by atoms with van der Waals surface area (Å²) < 4.78 is 5.18. The van der Waals surface area contributed by atoms with Gasteiger partial charge in [-0.2, -0.15) is 0 Å². The first-order valence-electron chi connectivity index (χ1n) is 13.8. The Bertz CT molecular complexity index is 1470. The Morgan fingerprint density at radius 2 is 1.79 bits per heavy atom. The molecule has 0 N–H and O–H groups in total. The number of aryl methyl sites for hydroxylation is 1. The van der Waals surface area contributed by atoms with E-state index in [0.717, 1.165) is 42.4 Å². The zero-order valence-corrected chi connectivity index (χ0v) is 23.1. The van der Waals surface area contributed by atoms with E-state index in [4.69, 9.17) is 9.25 Å². The molecule has 1 heterocycles. The lowest BCUT2D eigenvalue weighted by atomic mass is 9.65. The lowest BCUT2D eigenvalue weighted by molar-refractivity contribution is -0.140. The number of hydrogen-bond donors (Lipinski definition) is 0. The number of furan rings is 1. The predicted octanol–water partition coefficient (Wildman–Crippen LogP) is 7.83. The Labute approximate surface area is 230 Å². The van der Waals surface area contributed by atoms with Crippen LogP contribution in [0, 0.1) is 12.8 Å². The third-order valence-electron chi connectivity index (χ3n) is 8.19. The lowest BCUT2D eigenvalue weighted by Gasteiger charge is -2.38. The fraction of sp³-hybridized carbons (Fsp3) is 0.324. The average molecular weight is 522 g/mol. The van der Waals surface area contributed by atoms with Crippen molar-refractivity contribution in [2.75, 3.05) is 0 Å². The van der Waals surface area contributed by atoms with Crippen LogP contribution in [0.1, 0.15) is 90.5 Å². The van der Waals surface area contributed by atoms with Crippen LogP contribution in [0.15, 0.2) is 94.4 Å². The van der Waals surface area contributed by atoms with Gasteiger partial charge in [0, 0.05) is 35.0 Å². The van der Waals surface area contributed by atoms with E-state index < -0.39 is 5.97 Å².